The highest BCUT2D eigenvalue weighted by atomic mass is 16.5. The normalized spacial score (nSPS) is 13.8. The summed E-state index contributed by atoms with van der Waals surface area (Å²) in [6.45, 7) is 7.32. The van der Waals surface area contributed by atoms with E-state index in [9.17, 15) is 4.79 Å². The number of ether oxygens (including phenoxy) is 1. The molecular weight excluding hydrogens is 252 g/mol. The molecule has 0 aliphatic carbocycles. The second-order valence-electron chi connectivity index (χ2n) is 5.34. The summed E-state index contributed by atoms with van der Waals surface area (Å²) >= 11 is 0. The number of carbonyl (C=O) groups excluding carboxylic acids is 1. The molecule has 0 fully saturated rings. The minimum atomic E-state index is -0.648. The molecule has 1 atom stereocenters. The number of nitrogens with two attached hydrogens (primary N) is 1. The van der Waals surface area contributed by atoms with Gasteiger partial charge in [-0.05, 0) is 51.3 Å². The Balaban J connectivity index is 2.41. The van der Waals surface area contributed by atoms with Crippen LogP contribution in [0.25, 0.3) is 0 Å². The highest BCUT2D eigenvalue weighted by molar-refractivity contribution is 5.84. The van der Waals surface area contributed by atoms with E-state index in [1.165, 1.54) is 0 Å². The monoisotopic (exact) mass is 278 g/mol. The third-order valence-corrected chi connectivity index (χ3v) is 3.48. The summed E-state index contributed by atoms with van der Waals surface area (Å²) in [6, 6.07) is 7.92. The zero-order valence-electron chi connectivity index (χ0n) is 12.7. The SMILES string of the molecule is CCCNC(C)(CCCOc1ccccc1C)C(N)=O. The van der Waals surface area contributed by atoms with Crippen LogP contribution in [0.4, 0.5) is 0 Å². The lowest BCUT2D eigenvalue weighted by molar-refractivity contribution is -0.124. The maximum absolute atomic E-state index is 11.6. The van der Waals surface area contributed by atoms with Crippen molar-refractivity contribution in [3.05, 3.63) is 29.8 Å². The molecule has 112 valence electrons. The number of aryl methyl sites for hydroxylation is 1. The molecule has 1 rings (SSSR count). The Morgan fingerprint density at radius 2 is 2.10 bits per heavy atom. The molecule has 4 nitrogen and oxygen atoms in total. The number of hydrogen-bond acceptors (Lipinski definition) is 3. The molecule has 0 radical (unpaired) electrons. The molecule has 0 spiro atoms. The molecule has 0 bridgehead atoms. The average molecular weight is 278 g/mol. The number of para-hydroxylation sites is 1. The summed E-state index contributed by atoms with van der Waals surface area (Å²) in [7, 11) is 0. The number of primary amides is 1. The Bertz CT molecular complexity index is 434. The summed E-state index contributed by atoms with van der Waals surface area (Å²) in [6.07, 6.45) is 2.43. The van der Waals surface area contributed by atoms with Crippen LogP contribution in [0.5, 0.6) is 5.75 Å². The minimum absolute atomic E-state index is 0.304. The van der Waals surface area contributed by atoms with Gasteiger partial charge in [0.25, 0.3) is 0 Å². The molecule has 0 aromatic heterocycles. The smallest absolute Gasteiger partial charge is 0.237 e. The van der Waals surface area contributed by atoms with Crippen LogP contribution in [0, 0.1) is 6.92 Å². The van der Waals surface area contributed by atoms with Gasteiger partial charge in [0.05, 0.1) is 12.1 Å². The summed E-state index contributed by atoms with van der Waals surface area (Å²) in [4.78, 5) is 11.6. The van der Waals surface area contributed by atoms with E-state index in [4.69, 9.17) is 10.5 Å². The second-order valence-corrected chi connectivity index (χ2v) is 5.34. The molecule has 0 aliphatic heterocycles. The van der Waals surface area contributed by atoms with Gasteiger partial charge in [-0.15, -0.1) is 0 Å². The summed E-state index contributed by atoms with van der Waals surface area (Å²) in [5.74, 6) is 0.594. The summed E-state index contributed by atoms with van der Waals surface area (Å²) in [5.41, 5.74) is 5.96. The maximum atomic E-state index is 11.6. The van der Waals surface area contributed by atoms with E-state index >= 15 is 0 Å². The van der Waals surface area contributed by atoms with Gasteiger partial charge in [0.15, 0.2) is 0 Å². The van der Waals surface area contributed by atoms with Crippen LogP contribution in [0.2, 0.25) is 0 Å². The van der Waals surface area contributed by atoms with Crippen molar-refractivity contribution >= 4 is 5.91 Å². The molecule has 1 aromatic carbocycles. The van der Waals surface area contributed by atoms with Gasteiger partial charge in [0.2, 0.25) is 5.91 Å². The zero-order chi connectivity index (χ0) is 15.0. The van der Waals surface area contributed by atoms with E-state index in [0.717, 1.165) is 30.7 Å². The molecule has 0 saturated heterocycles. The van der Waals surface area contributed by atoms with Gasteiger partial charge in [0, 0.05) is 0 Å². The predicted octanol–water partition coefficient (Wildman–Crippen LogP) is 2.40. The van der Waals surface area contributed by atoms with Gasteiger partial charge in [0.1, 0.15) is 5.75 Å². The standard InChI is InChI=1S/C16H26N2O2/c1-4-11-18-16(3,15(17)19)10-7-12-20-14-9-6-5-8-13(14)2/h5-6,8-9,18H,4,7,10-12H2,1-3H3,(H2,17,19). The van der Waals surface area contributed by atoms with E-state index in [0.29, 0.717) is 13.0 Å². The Morgan fingerprint density at radius 3 is 2.70 bits per heavy atom. The highest BCUT2D eigenvalue weighted by Crippen LogP contribution is 2.18. The van der Waals surface area contributed by atoms with Crippen molar-refractivity contribution in [2.24, 2.45) is 5.73 Å². The minimum Gasteiger partial charge on any atom is -0.493 e. The van der Waals surface area contributed by atoms with Gasteiger partial charge >= 0.3 is 0 Å². The lowest BCUT2D eigenvalue weighted by atomic mass is 9.95. The molecule has 3 N–H and O–H groups in total. The molecule has 0 heterocycles. The summed E-state index contributed by atoms with van der Waals surface area (Å²) < 4.78 is 5.74. The third kappa shape index (κ3) is 4.85. The average Bonchev–Trinajstić information content (AvgIpc) is 2.43. The van der Waals surface area contributed by atoms with Crippen LogP contribution >= 0.6 is 0 Å². The Morgan fingerprint density at radius 1 is 1.40 bits per heavy atom. The molecule has 0 saturated carbocycles. The van der Waals surface area contributed by atoms with Gasteiger partial charge in [-0.1, -0.05) is 25.1 Å². The van der Waals surface area contributed by atoms with Crippen molar-refractivity contribution in [3.8, 4) is 5.75 Å². The van der Waals surface area contributed by atoms with E-state index in [2.05, 4.69) is 12.2 Å². The molecule has 1 amide bonds. The number of nitrogens with one attached hydrogen (secondary N) is 1. The quantitative estimate of drug-likeness (QED) is 0.682. The third-order valence-electron chi connectivity index (χ3n) is 3.48. The van der Waals surface area contributed by atoms with Crippen LogP contribution in [0.3, 0.4) is 0 Å². The van der Waals surface area contributed by atoms with Crippen molar-refractivity contribution in [3.63, 3.8) is 0 Å². The molecule has 1 unspecified atom stereocenters. The van der Waals surface area contributed by atoms with Crippen LogP contribution in [0.15, 0.2) is 24.3 Å². The van der Waals surface area contributed by atoms with Crippen molar-refractivity contribution in [2.75, 3.05) is 13.2 Å². The van der Waals surface area contributed by atoms with Gasteiger partial charge in [-0.25, -0.2) is 0 Å². The first-order valence-corrected chi connectivity index (χ1v) is 7.23. The summed E-state index contributed by atoms with van der Waals surface area (Å²) in [5, 5.41) is 3.23. The van der Waals surface area contributed by atoms with Crippen LogP contribution in [-0.2, 0) is 4.79 Å². The molecule has 4 heteroatoms. The second kappa shape index (κ2) is 7.90. The first kappa shape index (κ1) is 16.5. The number of hydrogen-bond donors (Lipinski definition) is 2. The molecule has 0 aliphatic rings. The number of rotatable bonds is 9. The van der Waals surface area contributed by atoms with Gasteiger partial charge in [-0.3, -0.25) is 4.79 Å². The highest BCUT2D eigenvalue weighted by Gasteiger charge is 2.29. The first-order valence-electron chi connectivity index (χ1n) is 7.23. The fourth-order valence-corrected chi connectivity index (χ4v) is 2.03. The molecule has 1 aromatic rings. The zero-order valence-corrected chi connectivity index (χ0v) is 12.7. The van der Waals surface area contributed by atoms with Gasteiger partial charge < -0.3 is 15.8 Å². The number of benzene rings is 1. The van der Waals surface area contributed by atoms with Crippen LogP contribution in [-0.4, -0.2) is 24.6 Å². The molecular formula is C16H26N2O2. The fraction of sp³-hybridized carbons (Fsp3) is 0.562. The van der Waals surface area contributed by atoms with E-state index < -0.39 is 5.54 Å². The van der Waals surface area contributed by atoms with Gasteiger partial charge in [-0.2, -0.15) is 0 Å². The van der Waals surface area contributed by atoms with Crippen molar-refractivity contribution in [1.82, 2.24) is 5.32 Å². The molecule has 20 heavy (non-hydrogen) atoms. The van der Waals surface area contributed by atoms with Crippen LogP contribution < -0.4 is 15.8 Å². The maximum Gasteiger partial charge on any atom is 0.237 e. The number of amides is 1. The van der Waals surface area contributed by atoms with E-state index in [1.54, 1.807) is 0 Å². The lowest BCUT2D eigenvalue weighted by Gasteiger charge is -2.27. The van der Waals surface area contributed by atoms with E-state index in [1.807, 2.05) is 38.1 Å². The largest absolute Gasteiger partial charge is 0.493 e. The Kier molecular flexibility index (Phi) is 6.52. The Hall–Kier alpha value is -1.55. The fourth-order valence-electron chi connectivity index (χ4n) is 2.03. The van der Waals surface area contributed by atoms with E-state index in [-0.39, 0.29) is 5.91 Å². The van der Waals surface area contributed by atoms with Crippen LogP contribution in [0.1, 0.15) is 38.7 Å². The Labute approximate surface area is 121 Å². The topological polar surface area (TPSA) is 64.3 Å². The number of carbonyl (C=O) groups is 1. The van der Waals surface area contributed by atoms with Crippen molar-refractivity contribution in [1.29, 1.82) is 0 Å². The van der Waals surface area contributed by atoms with Crippen molar-refractivity contribution in [2.45, 2.75) is 45.6 Å². The lowest BCUT2D eigenvalue weighted by Crippen LogP contribution is -2.53. The van der Waals surface area contributed by atoms with Crippen molar-refractivity contribution < 1.29 is 9.53 Å². The first-order chi connectivity index (χ1) is 9.49. The predicted molar refractivity (Wildman–Crippen MR) is 81.8 cm³/mol.